The summed E-state index contributed by atoms with van der Waals surface area (Å²) in [5, 5.41) is 12.4. The van der Waals surface area contributed by atoms with Crippen molar-refractivity contribution in [3.8, 4) is 6.07 Å². The molecular formula is C14H16F2N2S. The summed E-state index contributed by atoms with van der Waals surface area (Å²) in [5.41, 5.74) is 0.0346. The number of thioether (sulfide) groups is 1. The summed E-state index contributed by atoms with van der Waals surface area (Å²) in [7, 11) is 0. The van der Waals surface area contributed by atoms with Gasteiger partial charge in [-0.15, -0.1) is 0 Å². The van der Waals surface area contributed by atoms with Gasteiger partial charge in [-0.05, 0) is 31.2 Å². The second kappa shape index (κ2) is 6.36. The van der Waals surface area contributed by atoms with Crippen LogP contribution in [0.25, 0.3) is 0 Å². The lowest BCUT2D eigenvalue weighted by molar-refractivity contribution is 0.491. The maximum Gasteiger partial charge on any atom is 0.131 e. The lowest BCUT2D eigenvalue weighted by atomic mass is 10.1. The van der Waals surface area contributed by atoms with Crippen molar-refractivity contribution >= 4 is 11.8 Å². The van der Waals surface area contributed by atoms with E-state index in [1.54, 1.807) is 17.8 Å². The first kappa shape index (κ1) is 14.3. The lowest BCUT2D eigenvalue weighted by Gasteiger charge is -2.19. The number of benzene rings is 1. The maximum atomic E-state index is 13.7. The molecule has 1 aromatic carbocycles. The van der Waals surface area contributed by atoms with Crippen molar-refractivity contribution < 1.29 is 8.78 Å². The van der Waals surface area contributed by atoms with Crippen LogP contribution in [-0.2, 0) is 6.54 Å². The highest BCUT2D eigenvalue weighted by Gasteiger charge is 2.26. The molecule has 1 saturated carbocycles. The summed E-state index contributed by atoms with van der Waals surface area (Å²) in [6.07, 6.45) is 5.41. The van der Waals surface area contributed by atoms with Gasteiger partial charge >= 0.3 is 0 Å². The second-order valence-corrected chi connectivity index (χ2v) is 5.80. The van der Waals surface area contributed by atoms with Crippen molar-refractivity contribution in [2.45, 2.75) is 37.1 Å². The van der Waals surface area contributed by atoms with E-state index in [0.717, 1.165) is 31.4 Å². The molecule has 2 unspecified atom stereocenters. The molecule has 1 aromatic rings. The number of hydrogen-bond donors (Lipinski definition) is 1. The standard InChI is InChI=1S/C14H16F2N2S/c1-19-14-4-2-3-13(14)18-8-10-11(15)5-9(7-17)6-12(10)16/h5-6,13-14,18H,2-4,8H2,1H3. The average molecular weight is 282 g/mol. The van der Waals surface area contributed by atoms with E-state index in [9.17, 15) is 8.78 Å². The molecule has 19 heavy (non-hydrogen) atoms. The third-order valence-corrected chi connectivity index (χ3v) is 4.74. The Hall–Kier alpha value is -1.12. The highest BCUT2D eigenvalue weighted by Crippen LogP contribution is 2.28. The largest absolute Gasteiger partial charge is 0.309 e. The van der Waals surface area contributed by atoms with Crippen LogP contribution in [0.2, 0.25) is 0 Å². The molecule has 0 aliphatic heterocycles. The Morgan fingerprint density at radius 1 is 1.37 bits per heavy atom. The molecule has 1 N–H and O–H groups in total. The van der Waals surface area contributed by atoms with Crippen LogP contribution in [0.3, 0.4) is 0 Å². The van der Waals surface area contributed by atoms with E-state index in [1.807, 2.05) is 0 Å². The molecule has 2 rings (SSSR count). The van der Waals surface area contributed by atoms with Crippen molar-refractivity contribution in [1.29, 1.82) is 5.26 Å². The van der Waals surface area contributed by atoms with E-state index in [-0.39, 0.29) is 17.7 Å². The first-order chi connectivity index (χ1) is 9.15. The minimum Gasteiger partial charge on any atom is -0.309 e. The Morgan fingerprint density at radius 2 is 2.05 bits per heavy atom. The zero-order valence-corrected chi connectivity index (χ0v) is 11.6. The van der Waals surface area contributed by atoms with Crippen LogP contribution in [0, 0.1) is 23.0 Å². The third-order valence-electron chi connectivity index (χ3n) is 3.57. The monoisotopic (exact) mass is 282 g/mol. The van der Waals surface area contributed by atoms with Gasteiger partial charge in [0.25, 0.3) is 0 Å². The summed E-state index contributed by atoms with van der Waals surface area (Å²) >= 11 is 1.80. The van der Waals surface area contributed by atoms with E-state index in [4.69, 9.17) is 5.26 Å². The number of nitrogens with zero attached hydrogens (tertiary/aromatic N) is 1. The topological polar surface area (TPSA) is 35.8 Å². The minimum absolute atomic E-state index is 0.0154. The Kier molecular flexibility index (Phi) is 4.78. The van der Waals surface area contributed by atoms with E-state index < -0.39 is 11.6 Å². The fourth-order valence-corrected chi connectivity index (χ4v) is 3.47. The van der Waals surface area contributed by atoms with Crippen molar-refractivity contribution in [3.05, 3.63) is 34.9 Å². The highest BCUT2D eigenvalue weighted by molar-refractivity contribution is 7.99. The van der Waals surface area contributed by atoms with Crippen molar-refractivity contribution in [2.24, 2.45) is 0 Å². The Labute approximate surface area is 116 Å². The molecule has 1 aliphatic carbocycles. The summed E-state index contributed by atoms with van der Waals surface area (Å²) in [4.78, 5) is 0. The van der Waals surface area contributed by atoms with Crippen LogP contribution >= 0.6 is 11.8 Å². The number of nitrogens with one attached hydrogen (secondary N) is 1. The molecule has 0 heterocycles. The van der Waals surface area contributed by atoms with Crippen LogP contribution in [0.4, 0.5) is 8.78 Å². The van der Waals surface area contributed by atoms with Gasteiger partial charge < -0.3 is 5.32 Å². The molecule has 102 valence electrons. The van der Waals surface area contributed by atoms with Crippen LogP contribution in [0.15, 0.2) is 12.1 Å². The van der Waals surface area contributed by atoms with Gasteiger partial charge in [-0.25, -0.2) is 8.78 Å². The van der Waals surface area contributed by atoms with E-state index in [2.05, 4.69) is 11.6 Å². The Morgan fingerprint density at radius 3 is 2.63 bits per heavy atom. The SMILES string of the molecule is CSC1CCCC1NCc1c(F)cc(C#N)cc1F. The van der Waals surface area contributed by atoms with Gasteiger partial charge in [0.05, 0.1) is 11.6 Å². The fraction of sp³-hybridized carbons (Fsp3) is 0.500. The third kappa shape index (κ3) is 3.26. The van der Waals surface area contributed by atoms with Crippen molar-refractivity contribution in [3.63, 3.8) is 0 Å². The predicted octanol–water partition coefficient (Wildman–Crippen LogP) is 3.21. The number of rotatable bonds is 4. The van der Waals surface area contributed by atoms with Gasteiger partial charge in [-0.1, -0.05) is 6.42 Å². The first-order valence-corrected chi connectivity index (χ1v) is 7.58. The zero-order chi connectivity index (χ0) is 13.8. The molecule has 0 aromatic heterocycles. The molecule has 0 amide bonds. The predicted molar refractivity (Wildman–Crippen MR) is 72.9 cm³/mol. The summed E-state index contributed by atoms with van der Waals surface area (Å²) in [6.45, 7) is 0.172. The van der Waals surface area contributed by atoms with Gasteiger partial charge in [0.15, 0.2) is 0 Å². The molecular weight excluding hydrogens is 266 g/mol. The normalized spacial score (nSPS) is 22.4. The van der Waals surface area contributed by atoms with Crippen LogP contribution in [0.1, 0.15) is 30.4 Å². The molecule has 2 nitrogen and oxygen atoms in total. The molecule has 5 heteroatoms. The van der Waals surface area contributed by atoms with Crippen molar-refractivity contribution in [2.75, 3.05) is 6.26 Å². The molecule has 2 atom stereocenters. The van der Waals surface area contributed by atoms with Gasteiger partial charge in [-0.3, -0.25) is 0 Å². The fourth-order valence-electron chi connectivity index (χ4n) is 2.51. The smallest absolute Gasteiger partial charge is 0.131 e. The summed E-state index contributed by atoms with van der Waals surface area (Å²) in [6, 6.07) is 4.22. The number of nitriles is 1. The Bertz CT molecular complexity index is 476. The van der Waals surface area contributed by atoms with Gasteiger partial charge in [0, 0.05) is 23.4 Å². The second-order valence-electron chi connectivity index (χ2n) is 4.72. The van der Waals surface area contributed by atoms with Crippen LogP contribution in [0.5, 0.6) is 0 Å². The van der Waals surface area contributed by atoms with E-state index >= 15 is 0 Å². The van der Waals surface area contributed by atoms with Gasteiger partial charge in [0.1, 0.15) is 11.6 Å². The molecule has 1 aliphatic rings. The van der Waals surface area contributed by atoms with Crippen LogP contribution < -0.4 is 5.32 Å². The van der Waals surface area contributed by atoms with E-state index in [0.29, 0.717) is 11.3 Å². The van der Waals surface area contributed by atoms with E-state index in [1.165, 1.54) is 0 Å². The summed E-state index contributed by atoms with van der Waals surface area (Å²) < 4.78 is 27.4. The van der Waals surface area contributed by atoms with Crippen LogP contribution in [-0.4, -0.2) is 17.5 Å². The van der Waals surface area contributed by atoms with Gasteiger partial charge in [-0.2, -0.15) is 17.0 Å². The quantitative estimate of drug-likeness (QED) is 0.921. The average Bonchev–Trinajstić information content (AvgIpc) is 2.85. The number of hydrogen-bond acceptors (Lipinski definition) is 3. The number of halogens is 2. The molecule has 0 saturated heterocycles. The first-order valence-electron chi connectivity index (χ1n) is 6.30. The maximum absolute atomic E-state index is 13.7. The molecule has 0 bridgehead atoms. The minimum atomic E-state index is -0.650. The Balaban J connectivity index is 2.06. The lowest BCUT2D eigenvalue weighted by Crippen LogP contribution is -2.34. The van der Waals surface area contributed by atoms with Gasteiger partial charge in [0.2, 0.25) is 0 Å². The molecule has 1 fully saturated rings. The summed E-state index contributed by atoms with van der Waals surface area (Å²) in [5.74, 6) is -1.30. The van der Waals surface area contributed by atoms with Crippen molar-refractivity contribution in [1.82, 2.24) is 5.32 Å². The highest BCUT2D eigenvalue weighted by atomic mass is 32.2. The molecule has 0 radical (unpaired) electrons. The zero-order valence-electron chi connectivity index (χ0n) is 10.7. The molecule has 0 spiro atoms.